The van der Waals surface area contributed by atoms with E-state index in [1.54, 1.807) is 0 Å². The van der Waals surface area contributed by atoms with E-state index < -0.39 is 0 Å². The first kappa shape index (κ1) is 13.1. The summed E-state index contributed by atoms with van der Waals surface area (Å²) in [7, 11) is 1.46. The number of nitrogens with one attached hydrogen (secondary N) is 1. The highest BCUT2D eigenvalue weighted by atomic mass is 16.5. The first-order valence-corrected chi connectivity index (χ1v) is 6.64. The molecule has 0 aliphatic carbocycles. The van der Waals surface area contributed by atoms with Crippen LogP contribution >= 0.6 is 0 Å². The summed E-state index contributed by atoms with van der Waals surface area (Å²) in [6.45, 7) is 0.756. The van der Waals surface area contributed by atoms with Crippen LogP contribution in [0.1, 0.15) is 24.8 Å². The highest BCUT2D eigenvalue weighted by Crippen LogP contribution is 2.18. The smallest absolute Gasteiger partial charge is 0.309 e. The van der Waals surface area contributed by atoms with Gasteiger partial charge in [0.15, 0.2) is 0 Å². The molecule has 0 radical (unpaired) electrons. The van der Waals surface area contributed by atoms with E-state index in [1.807, 2.05) is 6.07 Å². The van der Waals surface area contributed by atoms with Gasteiger partial charge in [0.1, 0.15) is 0 Å². The van der Waals surface area contributed by atoms with Crippen LogP contribution in [0.15, 0.2) is 30.3 Å². The Labute approximate surface area is 109 Å². The van der Waals surface area contributed by atoms with Crippen molar-refractivity contribution in [2.24, 2.45) is 5.92 Å². The summed E-state index contributed by atoms with van der Waals surface area (Å²) in [6, 6.07) is 11.1. The van der Waals surface area contributed by atoms with E-state index in [4.69, 9.17) is 4.74 Å². The highest BCUT2D eigenvalue weighted by molar-refractivity contribution is 5.72. The minimum atomic E-state index is -0.0796. The molecule has 1 heterocycles. The number of aryl methyl sites for hydroxylation is 1. The van der Waals surface area contributed by atoms with Crippen molar-refractivity contribution in [1.29, 1.82) is 0 Å². The maximum Gasteiger partial charge on any atom is 0.309 e. The zero-order valence-corrected chi connectivity index (χ0v) is 10.9. The molecule has 1 aliphatic rings. The molecule has 0 unspecified atom stereocenters. The molecule has 2 rings (SSSR count). The highest BCUT2D eigenvalue weighted by Gasteiger charge is 2.25. The predicted molar refractivity (Wildman–Crippen MR) is 71.3 cm³/mol. The van der Waals surface area contributed by atoms with Gasteiger partial charge in [-0.1, -0.05) is 30.3 Å². The standard InChI is InChI=1S/C15H21NO2/c1-18-15(17)13-8-10-14(16-11-13)9-7-12-5-3-2-4-6-12/h2-6,13-14,16H,7-11H2,1H3/t13-,14-/m0/s1. The van der Waals surface area contributed by atoms with Crippen molar-refractivity contribution in [3.63, 3.8) is 0 Å². The van der Waals surface area contributed by atoms with E-state index in [1.165, 1.54) is 12.7 Å². The maximum atomic E-state index is 11.4. The Morgan fingerprint density at radius 2 is 2.11 bits per heavy atom. The second kappa shape index (κ2) is 6.55. The fraction of sp³-hybridized carbons (Fsp3) is 0.533. The van der Waals surface area contributed by atoms with Crippen molar-refractivity contribution in [2.75, 3.05) is 13.7 Å². The van der Waals surface area contributed by atoms with Crippen molar-refractivity contribution < 1.29 is 9.53 Å². The van der Waals surface area contributed by atoms with E-state index in [0.717, 1.165) is 32.2 Å². The van der Waals surface area contributed by atoms with Gasteiger partial charge in [-0.15, -0.1) is 0 Å². The molecule has 1 aromatic rings. The molecule has 1 saturated heterocycles. The zero-order chi connectivity index (χ0) is 12.8. The second-order valence-corrected chi connectivity index (χ2v) is 4.93. The van der Waals surface area contributed by atoms with Gasteiger partial charge in [0.25, 0.3) is 0 Å². The third-order valence-corrected chi connectivity index (χ3v) is 3.68. The zero-order valence-electron chi connectivity index (χ0n) is 10.9. The largest absolute Gasteiger partial charge is 0.469 e. The average molecular weight is 247 g/mol. The van der Waals surface area contributed by atoms with Gasteiger partial charge in [0.05, 0.1) is 13.0 Å². The van der Waals surface area contributed by atoms with Gasteiger partial charge in [-0.05, 0) is 31.2 Å². The van der Waals surface area contributed by atoms with Crippen molar-refractivity contribution >= 4 is 5.97 Å². The molecule has 18 heavy (non-hydrogen) atoms. The van der Waals surface area contributed by atoms with Crippen LogP contribution in [0.2, 0.25) is 0 Å². The molecule has 0 bridgehead atoms. The lowest BCUT2D eigenvalue weighted by Crippen LogP contribution is -2.42. The van der Waals surface area contributed by atoms with Gasteiger partial charge >= 0.3 is 5.97 Å². The summed E-state index contributed by atoms with van der Waals surface area (Å²) in [6.07, 6.45) is 4.24. The van der Waals surface area contributed by atoms with Crippen LogP contribution in [0.25, 0.3) is 0 Å². The number of hydrogen-bond donors (Lipinski definition) is 1. The number of benzene rings is 1. The predicted octanol–water partition coefficient (Wildman–Crippen LogP) is 2.16. The number of rotatable bonds is 4. The Hall–Kier alpha value is -1.35. The van der Waals surface area contributed by atoms with Crippen LogP contribution in [0.5, 0.6) is 0 Å². The molecule has 0 spiro atoms. The number of hydrogen-bond acceptors (Lipinski definition) is 3. The normalized spacial score (nSPS) is 23.6. The molecular weight excluding hydrogens is 226 g/mol. The number of carbonyl (C=O) groups is 1. The monoisotopic (exact) mass is 247 g/mol. The van der Waals surface area contributed by atoms with E-state index in [9.17, 15) is 4.79 Å². The Kier molecular flexibility index (Phi) is 4.76. The maximum absolute atomic E-state index is 11.4. The van der Waals surface area contributed by atoms with Crippen LogP contribution in [0.3, 0.4) is 0 Å². The van der Waals surface area contributed by atoms with E-state index in [0.29, 0.717) is 6.04 Å². The van der Waals surface area contributed by atoms with Crippen molar-refractivity contribution in [3.8, 4) is 0 Å². The Bertz CT molecular complexity index is 369. The third kappa shape index (κ3) is 3.57. The van der Waals surface area contributed by atoms with Crippen LogP contribution in [-0.2, 0) is 16.0 Å². The van der Waals surface area contributed by atoms with E-state index >= 15 is 0 Å². The Morgan fingerprint density at radius 3 is 2.72 bits per heavy atom. The summed E-state index contributed by atoms with van der Waals surface area (Å²) in [5.41, 5.74) is 1.38. The molecule has 0 saturated carbocycles. The lowest BCUT2D eigenvalue weighted by molar-refractivity contribution is -0.146. The van der Waals surface area contributed by atoms with Gasteiger partial charge in [0.2, 0.25) is 0 Å². The van der Waals surface area contributed by atoms with Crippen LogP contribution < -0.4 is 5.32 Å². The Balaban J connectivity index is 1.72. The molecule has 3 heteroatoms. The summed E-state index contributed by atoms with van der Waals surface area (Å²) >= 11 is 0. The van der Waals surface area contributed by atoms with Gasteiger partial charge in [-0.2, -0.15) is 0 Å². The van der Waals surface area contributed by atoms with Crippen LogP contribution in [-0.4, -0.2) is 25.7 Å². The minimum absolute atomic E-state index is 0.0444. The number of carbonyl (C=O) groups excluding carboxylic acids is 1. The topological polar surface area (TPSA) is 38.3 Å². The van der Waals surface area contributed by atoms with Crippen LogP contribution in [0, 0.1) is 5.92 Å². The molecule has 1 N–H and O–H groups in total. The minimum Gasteiger partial charge on any atom is -0.469 e. The number of ether oxygens (including phenoxy) is 1. The Morgan fingerprint density at radius 1 is 1.33 bits per heavy atom. The molecule has 2 atom stereocenters. The molecule has 3 nitrogen and oxygen atoms in total. The molecule has 0 aromatic heterocycles. The fourth-order valence-electron chi connectivity index (χ4n) is 2.52. The average Bonchev–Trinajstić information content (AvgIpc) is 2.46. The summed E-state index contributed by atoms with van der Waals surface area (Å²) in [4.78, 5) is 11.4. The fourth-order valence-corrected chi connectivity index (χ4v) is 2.52. The number of methoxy groups -OCH3 is 1. The first-order valence-electron chi connectivity index (χ1n) is 6.64. The lowest BCUT2D eigenvalue weighted by Gasteiger charge is -2.28. The first-order chi connectivity index (χ1) is 8.79. The number of piperidine rings is 1. The molecule has 0 amide bonds. The summed E-state index contributed by atoms with van der Waals surface area (Å²) in [5.74, 6) is -0.0352. The summed E-state index contributed by atoms with van der Waals surface area (Å²) in [5, 5.41) is 3.45. The van der Waals surface area contributed by atoms with Gasteiger partial charge in [-0.3, -0.25) is 4.79 Å². The second-order valence-electron chi connectivity index (χ2n) is 4.93. The number of esters is 1. The van der Waals surface area contributed by atoms with Gasteiger partial charge in [0, 0.05) is 12.6 Å². The molecular formula is C15H21NO2. The van der Waals surface area contributed by atoms with E-state index in [2.05, 4.69) is 29.6 Å². The van der Waals surface area contributed by atoms with E-state index in [-0.39, 0.29) is 11.9 Å². The summed E-state index contributed by atoms with van der Waals surface area (Å²) < 4.78 is 4.78. The van der Waals surface area contributed by atoms with Crippen molar-refractivity contribution in [3.05, 3.63) is 35.9 Å². The van der Waals surface area contributed by atoms with Gasteiger partial charge in [-0.25, -0.2) is 0 Å². The van der Waals surface area contributed by atoms with Gasteiger partial charge < -0.3 is 10.1 Å². The lowest BCUT2D eigenvalue weighted by atomic mass is 9.91. The van der Waals surface area contributed by atoms with Crippen molar-refractivity contribution in [1.82, 2.24) is 5.32 Å². The van der Waals surface area contributed by atoms with Crippen molar-refractivity contribution in [2.45, 2.75) is 31.7 Å². The van der Waals surface area contributed by atoms with Crippen LogP contribution in [0.4, 0.5) is 0 Å². The quantitative estimate of drug-likeness (QED) is 0.829. The third-order valence-electron chi connectivity index (χ3n) is 3.68. The molecule has 1 aromatic carbocycles. The SMILES string of the molecule is COC(=O)[C@H]1CC[C@H](CCc2ccccc2)NC1. The molecule has 98 valence electrons. The molecule has 1 fully saturated rings. The molecule has 1 aliphatic heterocycles.